The van der Waals surface area contributed by atoms with Crippen LogP contribution in [-0.4, -0.2) is 67.5 Å². The summed E-state index contributed by atoms with van der Waals surface area (Å²) in [5.41, 5.74) is -2.00. The van der Waals surface area contributed by atoms with Crippen LogP contribution in [0.4, 0.5) is 24.5 Å². The Kier molecular flexibility index (Phi) is 7.04. The van der Waals surface area contributed by atoms with Crippen LogP contribution < -0.4 is 4.90 Å². The van der Waals surface area contributed by atoms with Crippen LogP contribution in [0.2, 0.25) is 5.02 Å². The summed E-state index contributed by atoms with van der Waals surface area (Å²) in [4.78, 5) is 14.0. The zero-order chi connectivity index (χ0) is 19.3. The van der Waals surface area contributed by atoms with Gasteiger partial charge in [-0.3, -0.25) is 15.0 Å². The van der Waals surface area contributed by atoms with Crippen LogP contribution in [0, 0.1) is 10.1 Å². The molecule has 7 nitrogen and oxygen atoms in total. The highest BCUT2D eigenvalue weighted by atomic mass is 35.5. The highest BCUT2D eigenvalue weighted by molar-refractivity contribution is 6.31. The van der Waals surface area contributed by atoms with Crippen molar-refractivity contribution in [2.24, 2.45) is 0 Å². The third kappa shape index (κ3) is 5.19. The quantitative estimate of drug-likeness (QED) is 0.562. The van der Waals surface area contributed by atoms with E-state index in [9.17, 15) is 28.4 Å². The van der Waals surface area contributed by atoms with E-state index < -0.39 is 27.4 Å². The molecule has 0 bridgehead atoms. The number of aliphatic hydroxyl groups is 1. The molecule has 1 aliphatic rings. The number of ether oxygens (including phenoxy) is 1. The third-order valence-corrected chi connectivity index (χ3v) is 4.38. The smallest absolute Gasteiger partial charge is 0.395 e. The molecule has 0 atom stereocenters. The number of aliphatic hydroxyl groups excluding tert-OH is 1. The van der Waals surface area contributed by atoms with Crippen LogP contribution in [0.5, 0.6) is 0 Å². The summed E-state index contributed by atoms with van der Waals surface area (Å²) in [6, 6.07) is 1.38. The van der Waals surface area contributed by atoms with Gasteiger partial charge in [0.05, 0.1) is 35.3 Å². The molecule has 1 heterocycles. The second-order valence-electron chi connectivity index (χ2n) is 5.74. The van der Waals surface area contributed by atoms with Gasteiger partial charge >= 0.3 is 6.18 Å². The Balaban J connectivity index is 2.30. The van der Waals surface area contributed by atoms with Gasteiger partial charge in [-0.05, 0) is 6.07 Å². The Bertz CT molecular complexity index is 639. The summed E-state index contributed by atoms with van der Waals surface area (Å²) in [6.07, 6.45) is -4.80. The van der Waals surface area contributed by atoms with Crippen LogP contribution in [0.15, 0.2) is 12.1 Å². The van der Waals surface area contributed by atoms with Crippen molar-refractivity contribution in [1.82, 2.24) is 4.90 Å². The molecule has 0 saturated carbocycles. The van der Waals surface area contributed by atoms with Crippen molar-refractivity contribution in [3.63, 3.8) is 0 Å². The molecule has 0 spiro atoms. The molecule has 0 amide bonds. The van der Waals surface area contributed by atoms with E-state index in [0.29, 0.717) is 45.5 Å². The Hall–Kier alpha value is -1.62. The first kappa shape index (κ1) is 20.7. The lowest BCUT2D eigenvalue weighted by Crippen LogP contribution is -2.42. The van der Waals surface area contributed by atoms with E-state index in [0.717, 1.165) is 6.07 Å². The van der Waals surface area contributed by atoms with E-state index in [1.165, 1.54) is 4.90 Å². The predicted molar refractivity (Wildman–Crippen MR) is 89.7 cm³/mol. The maximum atomic E-state index is 13.0. The number of nitro groups is 1. The molecule has 146 valence electrons. The van der Waals surface area contributed by atoms with Crippen molar-refractivity contribution < 1.29 is 27.9 Å². The second-order valence-corrected chi connectivity index (χ2v) is 6.15. The third-order valence-electron chi connectivity index (χ3n) is 4.07. The number of anilines is 1. The summed E-state index contributed by atoms with van der Waals surface area (Å²) in [6.45, 7) is 3.10. The minimum Gasteiger partial charge on any atom is -0.395 e. The standard InChI is InChI=1S/C15H19ClF3N3O4/c16-12-10-13(14(22(24)25)9-11(12)15(17,18)19)21(3-6-23)2-1-20-4-7-26-8-5-20/h9-10,23H,1-8H2. The summed E-state index contributed by atoms with van der Waals surface area (Å²) in [5, 5.41) is 19.9. The Morgan fingerprint density at radius 3 is 2.50 bits per heavy atom. The van der Waals surface area contributed by atoms with Crippen molar-refractivity contribution in [1.29, 1.82) is 0 Å². The van der Waals surface area contributed by atoms with Crippen molar-refractivity contribution in [2.45, 2.75) is 6.18 Å². The van der Waals surface area contributed by atoms with Gasteiger partial charge in [-0.2, -0.15) is 13.2 Å². The molecule has 26 heavy (non-hydrogen) atoms. The first-order valence-electron chi connectivity index (χ1n) is 7.95. The number of hydrogen-bond acceptors (Lipinski definition) is 6. The molecule has 1 N–H and O–H groups in total. The lowest BCUT2D eigenvalue weighted by molar-refractivity contribution is -0.384. The summed E-state index contributed by atoms with van der Waals surface area (Å²) in [7, 11) is 0. The maximum absolute atomic E-state index is 13.0. The Morgan fingerprint density at radius 1 is 1.31 bits per heavy atom. The highest BCUT2D eigenvalue weighted by Crippen LogP contribution is 2.41. The van der Waals surface area contributed by atoms with Crippen molar-refractivity contribution in [2.75, 3.05) is 57.4 Å². The number of nitrogens with zero attached hydrogens (tertiary/aromatic N) is 3. The minimum atomic E-state index is -4.80. The topological polar surface area (TPSA) is 79.1 Å². The molecule has 1 saturated heterocycles. The van der Waals surface area contributed by atoms with E-state index in [1.807, 2.05) is 0 Å². The summed E-state index contributed by atoms with van der Waals surface area (Å²) < 4.78 is 44.2. The predicted octanol–water partition coefficient (Wildman–Crippen LogP) is 2.40. The number of alkyl halides is 3. The van der Waals surface area contributed by atoms with E-state index in [2.05, 4.69) is 4.90 Å². The van der Waals surface area contributed by atoms with Gasteiger partial charge in [0.1, 0.15) is 5.69 Å². The van der Waals surface area contributed by atoms with Gasteiger partial charge in [-0.15, -0.1) is 0 Å². The highest BCUT2D eigenvalue weighted by Gasteiger charge is 2.36. The lowest BCUT2D eigenvalue weighted by Gasteiger charge is -2.31. The minimum absolute atomic E-state index is 0.0346. The lowest BCUT2D eigenvalue weighted by atomic mass is 10.1. The SMILES string of the molecule is O=[N+]([O-])c1cc(C(F)(F)F)c(Cl)cc1N(CCO)CCN1CCOCC1. The monoisotopic (exact) mass is 397 g/mol. The number of halogens is 4. The van der Waals surface area contributed by atoms with E-state index >= 15 is 0 Å². The van der Waals surface area contributed by atoms with Crippen LogP contribution in [-0.2, 0) is 10.9 Å². The average Bonchev–Trinajstić information content (AvgIpc) is 2.58. The van der Waals surface area contributed by atoms with Crippen LogP contribution >= 0.6 is 11.6 Å². The van der Waals surface area contributed by atoms with Gasteiger partial charge in [-0.25, -0.2) is 0 Å². The van der Waals surface area contributed by atoms with Gasteiger partial charge < -0.3 is 14.7 Å². The van der Waals surface area contributed by atoms with Crippen molar-refractivity contribution >= 4 is 23.0 Å². The number of morpholine rings is 1. The zero-order valence-electron chi connectivity index (χ0n) is 13.8. The molecule has 1 aromatic carbocycles. The van der Waals surface area contributed by atoms with E-state index in [4.69, 9.17) is 16.3 Å². The molecule has 1 aromatic rings. The summed E-state index contributed by atoms with van der Waals surface area (Å²) in [5.74, 6) is 0. The molecular weight excluding hydrogens is 379 g/mol. The molecule has 11 heteroatoms. The molecule has 0 aromatic heterocycles. The van der Waals surface area contributed by atoms with Crippen molar-refractivity contribution in [3.8, 4) is 0 Å². The van der Waals surface area contributed by atoms with E-state index in [-0.39, 0.29) is 18.8 Å². The molecule has 1 aliphatic heterocycles. The summed E-state index contributed by atoms with van der Waals surface area (Å²) >= 11 is 5.73. The van der Waals surface area contributed by atoms with Gasteiger partial charge in [0.25, 0.3) is 5.69 Å². The van der Waals surface area contributed by atoms with Gasteiger partial charge in [0, 0.05) is 38.8 Å². The van der Waals surface area contributed by atoms with Crippen LogP contribution in [0.25, 0.3) is 0 Å². The number of rotatable bonds is 7. The Labute approximate surface area is 153 Å². The van der Waals surface area contributed by atoms with E-state index in [1.54, 1.807) is 0 Å². The van der Waals surface area contributed by atoms with Gasteiger partial charge in [0.2, 0.25) is 0 Å². The average molecular weight is 398 g/mol. The van der Waals surface area contributed by atoms with Crippen LogP contribution in [0.1, 0.15) is 5.56 Å². The molecule has 0 radical (unpaired) electrons. The zero-order valence-corrected chi connectivity index (χ0v) is 14.6. The molecular formula is C15H19ClF3N3O4. The fourth-order valence-electron chi connectivity index (χ4n) is 2.73. The largest absolute Gasteiger partial charge is 0.418 e. The molecule has 0 unspecified atom stereocenters. The Morgan fingerprint density at radius 2 is 1.96 bits per heavy atom. The number of hydrogen-bond donors (Lipinski definition) is 1. The number of benzene rings is 1. The second kappa shape index (κ2) is 8.85. The first-order chi connectivity index (χ1) is 12.2. The maximum Gasteiger partial charge on any atom is 0.418 e. The van der Waals surface area contributed by atoms with Gasteiger partial charge in [-0.1, -0.05) is 11.6 Å². The molecule has 0 aliphatic carbocycles. The molecule has 2 rings (SSSR count). The molecule has 1 fully saturated rings. The first-order valence-corrected chi connectivity index (χ1v) is 8.33. The van der Waals surface area contributed by atoms with Gasteiger partial charge in [0.15, 0.2) is 0 Å². The fraction of sp³-hybridized carbons (Fsp3) is 0.600. The number of nitro benzene ring substituents is 1. The normalized spacial score (nSPS) is 15.9. The van der Waals surface area contributed by atoms with Crippen LogP contribution in [0.3, 0.4) is 0 Å². The van der Waals surface area contributed by atoms with Crippen molar-refractivity contribution in [3.05, 3.63) is 32.8 Å². The fourth-order valence-corrected chi connectivity index (χ4v) is 2.99.